The van der Waals surface area contributed by atoms with Gasteiger partial charge < -0.3 is 0 Å². The lowest BCUT2D eigenvalue weighted by molar-refractivity contribution is -0.284. The Labute approximate surface area is 124 Å². The van der Waals surface area contributed by atoms with Gasteiger partial charge in [-0.1, -0.05) is 32.0 Å². The molecule has 0 fully saturated rings. The van der Waals surface area contributed by atoms with Crippen molar-refractivity contribution in [2.45, 2.75) is 44.4 Å². The summed E-state index contributed by atoms with van der Waals surface area (Å²) in [6.07, 6.45) is -9.72. The third-order valence-corrected chi connectivity index (χ3v) is 3.81. The molecule has 1 rings (SSSR count). The highest BCUT2D eigenvalue weighted by Crippen LogP contribution is 2.49. The van der Waals surface area contributed by atoms with Crippen molar-refractivity contribution in [3.8, 4) is 0 Å². The first-order chi connectivity index (χ1) is 9.52. The zero-order chi connectivity index (χ0) is 16.4. The molecule has 0 nitrogen and oxygen atoms in total. The monoisotopic (exact) mass is 332 g/mol. The van der Waals surface area contributed by atoms with E-state index < -0.39 is 23.6 Å². The average Bonchev–Trinajstić information content (AvgIpc) is 2.34. The van der Waals surface area contributed by atoms with Gasteiger partial charge in [0, 0.05) is 0 Å². The van der Waals surface area contributed by atoms with Crippen molar-refractivity contribution in [3.63, 3.8) is 0 Å². The van der Waals surface area contributed by atoms with E-state index in [1.54, 1.807) is 6.92 Å². The normalized spacial score (nSPS) is 14.6. The molecule has 1 unspecified atom stereocenters. The molecule has 0 heterocycles. The van der Waals surface area contributed by atoms with Crippen molar-refractivity contribution < 1.29 is 26.3 Å². The van der Waals surface area contributed by atoms with E-state index in [0.717, 1.165) is 5.56 Å². The second-order valence-corrected chi connectivity index (χ2v) is 5.17. The van der Waals surface area contributed by atoms with E-state index in [4.69, 9.17) is 11.6 Å². The molecule has 0 aliphatic carbocycles. The van der Waals surface area contributed by atoms with E-state index in [1.165, 1.54) is 18.2 Å². The Morgan fingerprint density at radius 1 is 0.905 bits per heavy atom. The molecular formula is C14H15ClF6. The van der Waals surface area contributed by atoms with Crippen LogP contribution in [0.1, 0.15) is 35.9 Å². The molecule has 1 aromatic carbocycles. The van der Waals surface area contributed by atoms with E-state index in [0.29, 0.717) is 18.4 Å². The number of alkyl halides is 7. The van der Waals surface area contributed by atoms with Gasteiger partial charge in [-0.2, -0.15) is 26.3 Å². The van der Waals surface area contributed by atoms with E-state index in [1.807, 2.05) is 6.92 Å². The molecule has 0 saturated heterocycles. The Bertz CT molecular complexity index is 463. The van der Waals surface area contributed by atoms with Crippen molar-refractivity contribution in [1.29, 1.82) is 0 Å². The number of rotatable bonds is 4. The molecule has 0 aliphatic rings. The fourth-order valence-corrected chi connectivity index (χ4v) is 2.62. The SMILES string of the molecule is CCc1ccc(C(Cl)C(C(F)(F)F)C(F)(F)F)cc1CC. The second kappa shape index (κ2) is 6.46. The minimum absolute atomic E-state index is 0.162. The summed E-state index contributed by atoms with van der Waals surface area (Å²) in [4.78, 5) is 0. The Balaban J connectivity index is 3.25. The molecule has 0 aliphatic heterocycles. The molecule has 7 heteroatoms. The van der Waals surface area contributed by atoms with Crippen LogP contribution in [0.25, 0.3) is 0 Å². The number of hydrogen-bond acceptors (Lipinski definition) is 0. The summed E-state index contributed by atoms with van der Waals surface area (Å²) < 4.78 is 76.1. The topological polar surface area (TPSA) is 0 Å². The lowest BCUT2D eigenvalue weighted by atomic mass is 9.93. The van der Waals surface area contributed by atoms with Crippen LogP contribution >= 0.6 is 11.6 Å². The van der Waals surface area contributed by atoms with Gasteiger partial charge in [0.15, 0.2) is 5.92 Å². The van der Waals surface area contributed by atoms with Gasteiger partial charge in [-0.05, 0) is 29.5 Å². The second-order valence-electron chi connectivity index (χ2n) is 4.70. The zero-order valence-corrected chi connectivity index (χ0v) is 12.2. The van der Waals surface area contributed by atoms with Crippen molar-refractivity contribution >= 4 is 11.6 Å². The third-order valence-electron chi connectivity index (χ3n) is 3.31. The standard InChI is InChI=1S/C14H15ClF6/c1-3-8-5-6-10(7-9(8)4-2)11(15)12(13(16,17)18)14(19,20)21/h5-7,11-12H,3-4H2,1-2H3. The molecule has 21 heavy (non-hydrogen) atoms. The molecular weight excluding hydrogens is 318 g/mol. The van der Waals surface area contributed by atoms with Gasteiger partial charge in [-0.15, -0.1) is 11.6 Å². The van der Waals surface area contributed by atoms with Gasteiger partial charge in [0.1, 0.15) is 0 Å². The van der Waals surface area contributed by atoms with Crippen LogP contribution in [0, 0.1) is 5.92 Å². The first-order valence-electron chi connectivity index (χ1n) is 6.41. The minimum Gasteiger partial charge on any atom is -0.170 e. The molecule has 0 saturated carbocycles. The molecule has 120 valence electrons. The van der Waals surface area contributed by atoms with Crippen LogP contribution in [0.2, 0.25) is 0 Å². The van der Waals surface area contributed by atoms with Crippen LogP contribution in [0.5, 0.6) is 0 Å². The Morgan fingerprint density at radius 3 is 1.76 bits per heavy atom. The minimum atomic E-state index is -5.44. The lowest BCUT2D eigenvalue weighted by Gasteiger charge is -2.27. The van der Waals surface area contributed by atoms with Gasteiger partial charge in [0.05, 0.1) is 5.38 Å². The molecule has 0 bridgehead atoms. The van der Waals surface area contributed by atoms with Crippen LogP contribution < -0.4 is 0 Å². The van der Waals surface area contributed by atoms with E-state index >= 15 is 0 Å². The van der Waals surface area contributed by atoms with Crippen LogP contribution in [-0.4, -0.2) is 12.4 Å². The number of hydrogen-bond donors (Lipinski definition) is 0. The summed E-state index contributed by atoms with van der Waals surface area (Å²) in [6.45, 7) is 3.65. The fraction of sp³-hybridized carbons (Fsp3) is 0.571. The summed E-state index contributed by atoms with van der Waals surface area (Å²) in [7, 11) is 0. The van der Waals surface area contributed by atoms with Crippen LogP contribution in [-0.2, 0) is 12.8 Å². The van der Waals surface area contributed by atoms with Gasteiger partial charge in [0.25, 0.3) is 0 Å². The van der Waals surface area contributed by atoms with Crippen LogP contribution in [0.3, 0.4) is 0 Å². The van der Waals surface area contributed by atoms with E-state index in [-0.39, 0.29) is 5.56 Å². The largest absolute Gasteiger partial charge is 0.402 e. The number of aryl methyl sites for hydroxylation is 2. The molecule has 0 amide bonds. The molecule has 0 aromatic heterocycles. The van der Waals surface area contributed by atoms with E-state index in [2.05, 4.69) is 0 Å². The zero-order valence-electron chi connectivity index (χ0n) is 11.4. The van der Waals surface area contributed by atoms with Crippen LogP contribution in [0.4, 0.5) is 26.3 Å². The predicted molar refractivity (Wildman–Crippen MR) is 69.4 cm³/mol. The average molecular weight is 333 g/mol. The first-order valence-corrected chi connectivity index (χ1v) is 6.85. The molecule has 0 N–H and O–H groups in total. The van der Waals surface area contributed by atoms with Gasteiger partial charge in [0.2, 0.25) is 0 Å². The molecule has 0 radical (unpaired) electrons. The lowest BCUT2D eigenvalue weighted by Crippen LogP contribution is -2.39. The van der Waals surface area contributed by atoms with Crippen LogP contribution in [0.15, 0.2) is 18.2 Å². The van der Waals surface area contributed by atoms with Gasteiger partial charge in [-0.3, -0.25) is 0 Å². The van der Waals surface area contributed by atoms with E-state index in [9.17, 15) is 26.3 Å². The fourth-order valence-electron chi connectivity index (χ4n) is 2.20. The number of benzene rings is 1. The van der Waals surface area contributed by atoms with Crippen molar-refractivity contribution in [3.05, 3.63) is 34.9 Å². The maximum absolute atomic E-state index is 12.7. The summed E-state index contributed by atoms with van der Waals surface area (Å²) in [5.74, 6) is -3.58. The maximum atomic E-state index is 12.7. The Hall–Kier alpha value is -0.910. The van der Waals surface area contributed by atoms with Gasteiger partial charge >= 0.3 is 12.4 Å². The van der Waals surface area contributed by atoms with Crippen molar-refractivity contribution in [2.75, 3.05) is 0 Å². The van der Waals surface area contributed by atoms with Crippen molar-refractivity contribution in [2.24, 2.45) is 5.92 Å². The summed E-state index contributed by atoms with van der Waals surface area (Å²) in [6, 6.07) is 4.11. The Kier molecular flexibility index (Phi) is 5.58. The highest BCUT2D eigenvalue weighted by molar-refractivity contribution is 6.21. The predicted octanol–water partition coefficient (Wildman–Crippen LogP) is 5.83. The third kappa shape index (κ3) is 4.28. The van der Waals surface area contributed by atoms with Gasteiger partial charge in [-0.25, -0.2) is 0 Å². The Morgan fingerprint density at radius 2 is 1.38 bits per heavy atom. The van der Waals surface area contributed by atoms with Crippen molar-refractivity contribution in [1.82, 2.24) is 0 Å². The quantitative estimate of drug-likeness (QED) is 0.480. The highest BCUT2D eigenvalue weighted by Gasteiger charge is 2.60. The number of halogens is 7. The first kappa shape index (κ1) is 18.1. The summed E-state index contributed by atoms with van der Waals surface area (Å²) in [5, 5.41) is -2.19. The summed E-state index contributed by atoms with van der Waals surface area (Å²) >= 11 is 5.53. The summed E-state index contributed by atoms with van der Waals surface area (Å²) in [5.41, 5.74) is 1.44. The molecule has 1 aromatic rings. The maximum Gasteiger partial charge on any atom is 0.402 e. The molecule has 1 atom stereocenters. The highest BCUT2D eigenvalue weighted by atomic mass is 35.5. The smallest absolute Gasteiger partial charge is 0.170 e. The molecule has 0 spiro atoms.